The Balaban J connectivity index is -0.00000000750. The van der Waals surface area contributed by atoms with Gasteiger partial charge in [-0.3, -0.25) is 0 Å². The number of carboxylic acid groups (broad SMARTS) is 2. The first-order chi connectivity index (χ1) is 1.73. The second-order valence-electron chi connectivity index (χ2n) is 0.283. The molecule has 0 radical (unpaired) electrons. The summed E-state index contributed by atoms with van der Waals surface area (Å²) in [7, 11) is 0. The maximum absolute atomic E-state index is 8.56. The molecule has 0 fully saturated rings. The first-order valence-electron chi connectivity index (χ1n) is 0.651. The zero-order chi connectivity index (χ0) is 3.58. The van der Waals surface area contributed by atoms with E-state index in [0.29, 0.717) is 0 Å². The van der Waals surface area contributed by atoms with E-state index in [9.17, 15) is 0 Å². The number of carbonyl (C=O) groups is 1. The van der Waals surface area contributed by atoms with Crippen molar-refractivity contribution in [2.75, 3.05) is 0 Å². The Morgan fingerprint density at radius 1 is 1.00 bits per heavy atom. The van der Waals surface area contributed by atoms with Gasteiger partial charge in [0.1, 0.15) is 0 Å². The molecule has 8 N–H and O–H groups in total. The van der Waals surface area contributed by atoms with Gasteiger partial charge in [0.05, 0.1) is 0 Å². The second-order valence-corrected chi connectivity index (χ2v) is 0.283. The molecule has 0 heterocycles. The fraction of sp³-hybridized carbons (Fsp3) is 0. The van der Waals surface area contributed by atoms with E-state index >= 15 is 0 Å². The van der Waals surface area contributed by atoms with E-state index in [1.165, 1.54) is 0 Å². The molecule has 0 aliphatic carbocycles. The molecule has 0 amide bonds. The Morgan fingerprint density at radius 3 is 1.00 bits per heavy atom. The summed E-state index contributed by atoms with van der Waals surface area (Å²) in [5.74, 6) is 0. The summed E-state index contributed by atoms with van der Waals surface area (Å²) in [5, 5.41) is 13.9. The van der Waals surface area contributed by atoms with E-state index in [4.69, 9.17) is 15.0 Å². The molecule has 8 heavy (non-hydrogen) atoms. The molecular formula is CH9KO6. The van der Waals surface area contributed by atoms with Gasteiger partial charge in [-0.2, -0.15) is 0 Å². The van der Waals surface area contributed by atoms with Crippen LogP contribution in [0.2, 0.25) is 0 Å². The normalized spacial score (nSPS) is 3.00. The van der Waals surface area contributed by atoms with Crippen molar-refractivity contribution in [2.45, 2.75) is 0 Å². The molecule has 0 aromatic heterocycles. The fourth-order valence-electron chi connectivity index (χ4n) is 0. The van der Waals surface area contributed by atoms with Gasteiger partial charge in [-0.1, -0.05) is 0 Å². The zero-order valence-corrected chi connectivity index (χ0v) is 3.30. The first-order valence-corrected chi connectivity index (χ1v) is 0.651. The Bertz CT molecular complexity index is 31.5. The van der Waals surface area contributed by atoms with Crippen LogP contribution in [-0.2, 0) is 0 Å². The molecule has 0 aliphatic heterocycles. The summed E-state index contributed by atoms with van der Waals surface area (Å²) >= 11 is 0. The summed E-state index contributed by atoms with van der Waals surface area (Å²) in [6.45, 7) is 0. The predicted octanol–water partition coefficient (Wildman–Crippen LogP) is -2.90. The quantitative estimate of drug-likeness (QED) is 0.361. The van der Waals surface area contributed by atoms with Crippen LogP contribution in [0.25, 0.3) is 0 Å². The van der Waals surface area contributed by atoms with E-state index in [0.717, 1.165) is 0 Å². The predicted molar refractivity (Wildman–Crippen MR) is 28.6 cm³/mol. The van der Waals surface area contributed by atoms with E-state index in [1.54, 1.807) is 0 Å². The molecule has 6 nitrogen and oxygen atoms in total. The van der Waals surface area contributed by atoms with Crippen molar-refractivity contribution in [3.8, 4) is 0 Å². The molecule has 0 atom stereocenters. The molecule has 7 heteroatoms. The molecule has 0 aromatic rings. The summed E-state index contributed by atoms with van der Waals surface area (Å²) in [6.07, 6.45) is -1.83. The van der Waals surface area contributed by atoms with Crippen LogP contribution in [0.1, 0.15) is 0 Å². The topological polar surface area (TPSA) is 152 Å². The van der Waals surface area contributed by atoms with Gasteiger partial charge in [-0.25, -0.2) is 4.79 Å². The van der Waals surface area contributed by atoms with Crippen molar-refractivity contribution in [1.29, 1.82) is 0 Å². The third kappa shape index (κ3) is 367. The van der Waals surface area contributed by atoms with Crippen LogP contribution in [0.4, 0.5) is 4.79 Å². The second kappa shape index (κ2) is 25.0. The van der Waals surface area contributed by atoms with E-state index in [1.807, 2.05) is 0 Å². The summed E-state index contributed by atoms with van der Waals surface area (Å²) in [6, 6.07) is 0. The molecule has 0 aliphatic rings. The Kier molecular flexibility index (Phi) is 116. The van der Waals surface area contributed by atoms with Gasteiger partial charge in [0.2, 0.25) is 0 Å². The summed E-state index contributed by atoms with van der Waals surface area (Å²) in [4.78, 5) is 8.56. The van der Waals surface area contributed by atoms with E-state index in [2.05, 4.69) is 0 Å². The maximum atomic E-state index is 8.56. The SMILES string of the molecule is O.O.O.O=C(O)O.[KH]. The van der Waals surface area contributed by atoms with Crippen LogP contribution in [-0.4, -0.2) is 84.2 Å². The zero-order valence-electron chi connectivity index (χ0n) is 3.30. The van der Waals surface area contributed by atoms with Crippen LogP contribution in [0.15, 0.2) is 0 Å². The van der Waals surface area contributed by atoms with Crippen molar-refractivity contribution < 1.29 is 31.4 Å². The van der Waals surface area contributed by atoms with Gasteiger partial charge in [-0.05, 0) is 0 Å². The number of rotatable bonds is 0. The Hall–Kier alpha value is 0.786. The van der Waals surface area contributed by atoms with Gasteiger partial charge in [0, 0.05) is 0 Å². The molecule has 0 unspecified atom stereocenters. The number of hydrogen-bond donors (Lipinski definition) is 2. The number of hydrogen-bond acceptors (Lipinski definition) is 1. The van der Waals surface area contributed by atoms with Crippen LogP contribution in [0.3, 0.4) is 0 Å². The minimum atomic E-state index is -1.83. The molecule has 0 bridgehead atoms. The van der Waals surface area contributed by atoms with Crippen molar-refractivity contribution in [2.24, 2.45) is 0 Å². The average Bonchev–Trinajstić information content (AvgIpc) is 0.811. The van der Waals surface area contributed by atoms with Crippen molar-refractivity contribution >= 4 is 57.5 Å². The van der Waals surface area contributed by atoms with Crippen molar-refractivity contribution in [3.63, 3.8) is 0 Å². The molecule has 0 saturated heterocycles. The van der Waals surface area contributed by atoms with Gasteiger partial charge in [0.25, 0.3) is 0 Å². The van der Waals surface area contributed by atoms with Gasteiger partial charge in [0.15, 0.2) is 0 Å². The molecule has 0 aromatic carbocycles. The first kappa shape index (κ1) is 37.2. The molecule has 50 valence electrons. The summed E-state index contributed by atoms with van der Waals surface area (Å²) in [5.41, 5.74) is 0. The molecule has 0 saturated carbocycles. The van der Waals surface area contributed by atoms with Crippen LogP contribution < -0.4 is 0 Å². The van der Waals surface area contributed by atoms with Gasteiger partial charge < -0.3 is 26.6 Å². The van der Waals surface area contributed by atoms with Crippen LogP contribution >= 0.6 is 0 Å². The Morgan fingerprint density at radius 2 is 1.00 bits per heavy atom. The third-order valence-electron chi connectivity index (χ3n) is 0. The minimum absolute atomic E-state index is 0. The van der Waals surface area contributed by atoms with Gasteiger partial charge >= 0.3 is 57.5 Å². The Labute approximate surface area is 87.9 Å². The van der Waals surface area contributed by atoms with Gasteiger partial charge in [-0.15, -0.1) is 0 Å². The average molecular weight is 156 g/mol. The van der Waals surface area contributed by atoms with E-state index < -0.39 is 6.16 Å². The van der Waals surface area contributed by atoms with Crippen molar-refractivity contribution in [3.05, 3.63) is 0 Å². The third-order valence-corrected chi connectivity index (χ3v) is 0. The van der Waals surface area contributed by atoms with Crippen LogP contribution in [0, 0.1) is 0 Å². The van der Waals surface area contributed by atoms with Crippen LogP contribution in [0.5, 0.6) is 0 Å². The van der Waals surface area contributed by atoms with E-state index in [-0.39, 0.29) is 67.8 Å². The monoisotopic (exact) mass is 156 g/mol. The fourth-order valence-corrected chi connectivity index (χ4v) is 0. The standard InChI is InChI=1S/CH2O3.K.3H2O.H/c2-1(3)4;;;;;/h(H2,2,3,4);;3*1H2;. The molecular weight excluding hydrogens is 147 g/mol. The summed E-state index contributed by atoms with van der Waals surface area (Å²) < 4.78 is 0. The van der Waals surface area contributed by atoms with Crippen molar-refractivity contribution in [1.82, 2.24) is 0 Å². The molecule has 0 spiro atoms. The molecule has 0 rings (SSSR count).